The second-order valence-electron chi connectivity index (χ2n) is 4.58. The van der Waals surface area contributed by atoms with Gasteiger partial charge in [0.1, 0.15) is 5.75 Å². The summed E-state index contributed by atoms with van der Waals surface area (Å²) in [5, 5.41) is 3.59. The number of methoxy groups -OCH3 is 1. The molecule has 1 N–H and O–H groups in total. The molecule has 94 valence electrons. The van der Waals surface area contributed by atoms with Crippen molar-refractivity contribution >= 4 is 17.0 Å². The molecule has 3 rings (SSSR count). The van der Waals surface area contributed by atoms with E-state index in [1.165, 1.54) is 21.0 Å². The molecule has 0 saturated heterocycles. The molecule has 0 bridgehead atoms. The van der Waals surface area contributed by atoms with Gasteiger partial charge in [-0.15, -0.1) is 11.3 Å². The monoisotopic (exact) mass is 259 g/mol. The lowest BCUT2D eigenvalue weighted by molar-refractivity contribution is 0.414. The largest absolute Gasteiger partial charge is 0.497 e. The van der Waals surface area contributed by atoms with Crippen LogP contribution in [0.5, 0.6) is 5.75 Å². The number of ether oxygens (including phenoxy) is 1. The molecule has 2 nitrogen and oxygen atoms in total. The van der Waals surface area contributed by atoms with Gasteiger partial charge in [0.15, 0.2) is 0 Å². The van der Waals surface area contributed by atoms with Gasteiger partial charge in [-0.2, -0.15) is 0 Å². The summed E-state index contributed by atoms with van der Waals surface area (Å²) in [7, 11) is 1.72. The molecule has 1 aromatic heterocycles. The van der Waals surface area contributed by atoms with Gasteiger partial charge in [0, 0.05) is 15.4 Å². The molecule has 0 radical (unpaired) electrons. The molecule has 0 fully saturated rings. The van der Waals surface area contributed by atoms with E-state index in [0.29, 0.717) is 6.04 Å². The maximum absolute atomic E-state index is 5.28. The fourth-order valence-corrected chi connectivity index (χ4v) is 3.41. The molecule has 3 heteroatoms. The molecule has 1 atom stereocenters. The van der Waals surface area contributed by atoms with Crippen LogP contribution < -0.4 is 10.1 Å². The van der Waals surface area contributed by atoms with Crippen molar-refractivity contribution in [1.82, 2.24) is 0 Å². The Hall–Kier alpha value is -1.48. The van der Waals surface area contributed by atoms with E-state index in [1.54, 1.807) is 7.11 Å². The third kappa shape index (κ3) is 1.99. The Morgan fingerprint density at radius 3 is 2.94 bits per heavy atom. The molecule has 0 spiro atoms. The van der Waals surface area contributed by atoms with Crippen molar-refractivity contribution in [3.8, 4) is 5.75 Å². The predicted octanol–water partition coefficient (Wildman–Crippen LogP) is 4.03. The normalized spacial score (nSPS) is 17.3. The number of hydrogen-bond donors (Lipinski definition) is 1. The zero-order valence-corrected chi connectivity index (χ0v) is 11.5. The molecule has 1 aliphatic heterocycles. The van der Waals surface area contributed by atoms with Crippen molar-refractivity contribution in [3.63, 3.8) is 0 Å². The number of thiophene rings is 1. The first-order chi connectivity index (χ1) is 8.80. The molecule has 2 heterocycles. The van der Waals surface area contributed by atoms with E-state index in [4.69, 9.17) is 4.74 Å². The van der Waals surface area contributed by atoms with Gasteiger partial charge in [-0.25, -0.2) is 0 Å². The van der Waals surface area contributed by atoms with Gasteiger partial charge < -0.3 is 10.1 Å². The third-order valence-electron chi connectivity index (χ3n) is 3.44. The molecular weight excluding hydrogens is 242 g/mol. The number of fused-ring (bicyclic) bond motifs is 1. The average Bonchev–Trinajstić information content (AvgIpc) is 3.03. The van der Waals surface area contributed by atoms with Crippen LogP contribution in [0.2, 0.25) is 0 Å². The molecule has 0 aliphatic carbocycles. The topological polar surface area (TPSA) is 21.3 Å². The van der Waals surface area contributed by atoms with Crippen LogP contribution >= 0.6 is 11.3 Å². The van der Waals surface area contributed by atoms with Gasteiger partial charge in [-0.3, -0.25) is 0 Å². The smallest absolute Gasteiger partial charge is 0.119 e. The number of hydrogen-bond acceptors (Lipinski definition) is 3. The quantitative estimate of drug-likeness (QED) is 0.898. The number of nitrogens with one attached hydrogen (secondary N) is 1. The highest BCUT2D eigenvalue weighted by atomic mass is 32.1. The Morgan fingerprint density at radius 2 is 2.22 bits per heavy atom. The van der Waals surface area contributed by atoms with E-state index < -0.39 is 0 Å². The molecule has 18 heavy (non-hydrogen) atoms. The van der Waals surface area contributed by atoms with Crippen molar-refractivity contribution < 1.29 is 4.74 Å². The van der Waals surface area contributed by atoms with E-state index in [9.17, 15) is 0 Å². The Morgan fingerprint density at radius 1 is 1.33 bits per heavy atom. The Labute approximate surface area is 112 Å². The molecule has 0 amide bonds. The lowest BCUT2D eigenvalue weighted by Gasteiger charge is -2.08. The highest BCUT2D eigenvalue weighted by Crippen LogP contribution is 2.38. The van der Waals surface area contributed by atoms with Crippen LogP contribution in [0.3, 0.4) is 0 Å². The molecule has 1 aliphatic rings. The van der Waals surface area contributed by atoms with Crippen molar-refractivity contribution in [2.75, 3.05) is 12.4 Å². The fourth-order valence-electron chi connectivity index (χ4n) is 2.41. The van der Waals surface area contributed by atoms with Crippen molar-refractivity contribution in [2.24, 2.45) is 0 Å². The predicted molar refractivity (Wildman–Crippen MR) is 76.8 cm³/mol. The van der Waals surface area contributed by atoms with Gasteiger partial charge in [0.25, 0.3) is 0 Å². The Bertz CT molecular complexity index is 561. The van der Waals surface area contributed by atoms with E-state index in [1.807, 2.05) is 17.4 Å². The van der Waals surface area contributed by atoms with Gasteiger partial charge in [0.05, 0.1) is 13.2 Å². The van der Waals surface area contributed by atoms with Crippen LogP contribution in [0.1, 0.15) is 28.3 Å². The van der Waals surface area contributed by atoms with E-state index in [0.717, 1.165) is 18.6 Å². The van der Waals surface area contributed by atoms with E-state index >= 15 is 0 Å². The maximum Gasteiger partial charge on any atom is 0.119 e. The summed E-state index contributed by atoms with van der Waals surface area (Å²) < 4.78 is 5.28. The van der Waals surface area contributed by atoms with Crippen molar-refractivity contribution in [3.05, 3.63) is 45.6 Å². The summed E-state index contributed by atoms with van der Waals surface area (Å²) in [6.45, 7) is 2.21. The van der Waals surface area contributed by atoms with Crippen LogP contribution in [0.4, 0.5) is 5.69 Å². The second kappa shape index (κ2) is 4.65. The van der Waals surface area contributed by atoms with E-state index in [2.05, 4.69) is 36.5 Å². The van der Waals surface area contributed by atoms with Crippen LogP contribution in [0.15, 0.2) is 30.3 Å². The first-order valence-corrected chi connectivity index (χ1v) is 7.14. The van der Waals surface area contributed by atoms with Gasteiger partial charge in [0.2, 0.25) is 0 Å². The van der Waals surface area contributed by atoms with Crippen molar-refractivity contribution in [2.45, 2.75) is 25.8 Å². The minimum atomic E-state index is 0.428. The van der Waals surface area contributed by atoms with E-state index in [-0.39, 0.29) is 0 Å². The van der Waals surface area contributed by atoms with Crippen molar-refractivity contribution in [1.29, 1.82) is 0 Å². The minimum absolute atomic E-state index is 0.428. The highest BCUT2D eigenvalue weighted by Gasteiger charge is 2.23. The molecule has 2 aromatic rings. The first kappa shape index (κ1) is 11.6. The van der Waals surface area contributed by atoms with Gasteiger partial charge in [-0.1, -0.05) is 6.92 Å². The molecule has 1 unspecified atom stereocenters. The lowest BCUT2D eigenvalue weighted by atomic mass is 10.1. The number of rotatable bonds is 3. The molecular formula is C15H17NOS. The summed E-state index contributed by atoms with van der Waals surface area (Å²) in [6, 6.07) is 11.2. The highest BCUT2D eigenvalue weighted by molar-refractivity contribution is 7.12. The van der Waals surface area contributed by atoms with Crippen LogP contribution in [-0.4, -0.2) is 7.11 Å². The summed E-state index contributed by atoms with van der Waals surface area (Å²) >= 11 is 1.92. The summed E-state index contributed by atoms with van der Waals surface area (Å²) in [6.07, 6.45) is 2.17. The minimum Gasteiger partial charge on any atom is -0.497 e. The summed E-state index contributed by atoms with van der Waals surface area (Å²) in [4.78, 5) is 2.89. The van der Waals surface area contributed by atoms with Gasteiger partial charge in [-0.05, 0) is 48.7 Å². The van der Waals surface area contributed by atoms with Gasteiger partial charge >= 0.3 is 0 Å². The van der Waals surface area contributed by atoms with Crippen LogP contribution in [0, 0.1) is 0 Å². The fraction of sp³-hybridized carbons (Fsp3) is 0.333. The Kier molecular flexibility index (Phi) is 3.00. The standard InChI is InChI=1S/C15H17NOS/c1-3-12-5-7-15(18-12)14-9-10-8-11(17-2)4-6-13(10)16-14/h4-8,14,16H,3,9H2,1-2H3. The zero-order valence-electron chi connectivity index (χ0n) is 10.7. The summed E-state index contributed by atoms with van der Waals surface area (Å²) in [5.74, 6) is 0.941. The lowest BCUT2D eigenvalue weighted by Crippen LogP contribution is -2.02. The Balaban J connectivity index is 1.83. The average molecular weight is 259 g/mol. The number of aryl methyl sites for hydroxylation is 1. The van der Waals surface area contributed by atoms with Crippen LogP contribution in [0.25, 0.3) is 0 Å². The number of anilines is 1. The van der Waals surface area contributed by atoms with Crippen LogP contribution in [-0.2, 0) is 12.8 Å². The molecule has 0 saturated carbocycles. The maximum atomic E-state index is 5.28. The summed E-state index contributed by atoms with van der Waals surface area (Å²) in [5.41, 5.74) is 2.60. The third-order valence-corrected chi connectivity index (χ3v) is 4.78. The molecule has 1 aromatic carbocycles. The first-order valence-electron chi connectivity index (χ1n) is 6.32. The second-order valence-corrected chi connectivity index (χ2v) is 5.78. The number of benzene rings is 1. The SMILES string of the molecule is CCc1ccc(C2Cc3cc(OC)ccc3N2)s1. The zero-order chi connectivity index (χ0) is 12.5.